The third kappa shape index (κ3) is 2.65. The van der Waals surface area contributed by atoms with E-state index in [-0.39, 0.29) is 18.1 Å². The van der Waals surface area contributed by atoms with Crippen molar-refractivity contribution in [2.45, 2.75) is 57.2 Å². The molecule has 0 aromatic carbocycles. The minimum absolute atomic E-state index is 0.0639. The molecule has 1 saturated heterocycles. The van der Waals surface area contributed by atoms with E-state index in [9.17, 15) is 4.79 Å². The SMILES string of the molecule is COC1CNC(C(=O)NC(C)C2CC3CCC2C3)C1. The fourth-order valence-electron chi connectivity index (χ4n) is 4.42. The summed E-state index contributed by atoms with van der Waals surface area (Å²) in [7, 11) is 1.71. The van der Waals surface area contributed by atoms with Crippen LogP contribution in [0, 0.1) is 17.8 Å². The molecule has 4 nitrogen and oxygen atoms in total. The van der Waals surface area contributed by atoms with Crippen LogP contribution >= 0.6 is 0 Å². The Labute approximate surface area is 115 Å². The van der Waals surface area contributed by atoms with Crippen LogP contribution in [0.5, 0.6) is 0 Å². The third-order valence-corrected chi connectivity index (χ3v) is 5.55. The van der Waals surface area contributed by atoms with Crippen LogP contribution in [0.15, 0.2) is 0 Å². The van der Waals surface area contributed by atoms with E-state index in [1.54, 1.807) is 7.11 Å². The van der Waals surface area contributed by atoms with Gasteiger partial charge in [-0.05, 0) is 50.4 Å². The van der Waals surface area contributed by atoms with Crippen molar-refractivity contribution in [3.05, 3.63) is 0 Å². The second-order valence-electron chi connectivity index (χ2n) is 6.69. The molecule has 0 aromatic heterocycles. The monoisotopic (exact) mass is 266 g/mol. The molecule has 108 valence electrons. The molecule has 19 heavy (non-hydrogen) atoms. The summed E-state index contributed by atoms with van der Waals surface area (Å²) in [6.07, 6.45) is 6.51. The zero-order valence-electron chi connectivity index (χ0n) is 12.0. The number of carbonyl (C=O) groups excluding carboxylic acids is 1. The number of amides is 1. The average Bonchev–Trinajstić information content (AvgIpc) is 3.13. The highest BCUT2D eigenvalue weighted by molar-refractivity contribution is 5.82. The van der Waals surface area contributed by atoms with Crippen molar-refractivity contribution >= 4 is 5.91 Å². The number of ether oxygens (including phenoxy) is 1. The molecule has 2 saturated carbocycles. The number of hydrogen-bond donors (Lipinski definition) is 2. The van der Waals surface area contributed by atoms with Crippen LogP contribution in [0.2, 0.25) is 0 Å². The minimum atomic E-state index is -0.0639. The highest BCUT2D eigenvalue weighted by atomic mass is 16.5. The summed E-state index contributed by atoms with van der Waals surface area (Å²) in [5.74, 6) is 2.68. The van der Waals surface area contributed by atoms with Crippen molar-refractivity contribution in [2.75, 3.05) is 13.7 Å². The smallest absolute Gasteiger partial charge is 0.237 e. The lowest BCUT2D eigenvalue weighted by Crippen LogP contribution is -2.47. The van der Waals surface area contributed by atoms with Crippen LogP contribution in [0.25, 0.3) is 0 Å². The maximum atomic E-state index is 12.3. The van der Waals surface area contributed by atoms with Gasteiger partial charge in [-0.15, -0.1) is 0 Å². The molecule has 3 fully saturated rings. The standard InChI is InChI=1S/C15H26N2O2/c1-9(13-6-10-3-4-11(13)5-10)17-15(18)14-7-12(19-2)8-16-14/h9-14,16H,3-8H2,1-2H3,(H,17,18). The second kappa shape index (κ2) is 5.41. The van der Waals surface area contributed by atoms with E-state index in [4.69, 9.17) is 4.74 Å². The first-order chi connectivity index (χ1) is 9.17. The van der Waals surface area contributed by atoms with Gasteiger partial charge in [-0.25, -0.2) is 0 Å². The van der Waals surface area contributed by atoms with Gasteiger partial charge in [0.2, 0.25) is 5.91 Å². The lowest BCUT2D eigenvalue weighted by molar-refractivity contribution is -0.124. The summed E-state index contributed by atoms with van der Waals surface area (Å²) in [6.45, 7) is 2.98. The minimum Gasteiger partial charge on any atom is -0.380 e. The molecule has 3 rings (SSSR count). The summed E-state index contributed by atoms with van der Waals surface area (Å²) < 4.78 is 5.29. The third-order valence-electron chi connectivity index (χ3n) is 5.55. The van der Waals surface area contributed by atoms with Gasteiger partial charge < -0.3 is 15.4 Å². The van der Waals surface area contributed by atoms with Gasteiger partial charge in [-0.2, -0.15) is 0 Å². The Kier molecular flexibility index (Phi) is 3.81. The van der Waals surface area contributed by atoms with E-state index in [1.807, 2.05) is 0 Å². The van der Waals surface area contributed by atoms with E-state index in [1.165, 1.54) is 25.7 Å². The van der Waals surface area contributed by atoms with Crippen molar-refractivity contribution in [2.24, 2.45) is 17.8 Å². The van der Waals surface area contributed by atoms with Crippen molar-refractivity contribution in [3.8, 4) is 0 Å². The van der Waals surface area contributed by atoms with Crippen LogP contribution in [-0.4, -0.2) is 37.7 Å². The van der Waals surface area contributed by atoms with Gasteiger partial charge in [-0.3, -0.25) is 4.79 Å². The second-order valence-corrected chi connectivity index (χ2v) is 6.69. The quantitative estimate of drug-likeness (QED) is 0.806. The Morgan fingerprint density at radius 1 is 1.32 bits per heavy atom. The summed E-state index contributed by atoms with van der Waals surface area (Å²) in [5.41, 5.74) is 0. The highest BCUT2D eigenvalue weighted by Gasteiger charge is 2.42. The van der Waals surface area contributed by atoms with E-state index in [0.29, 0.717) is 12.0 Å². The first kappa shape index (κ1) is 13.4. The molecule has 3 aliphatic rings. The Morgan fingerprint density at radius 2 is 2.16 bits per heavy atom. The topological polar surface area (TPSA) is 50.4 Å². The van der Waals surface area contributed by atoms with Gasteiger partial charge in [0.05, 0.1) is 12.1 Å². The Balaban J connectivity index is 1.49. The maximum absolute atomic E-state index is 12.3. The van der Waals surface area contributed by atoms with Crippen LogP contribution in [-0.2, 0) is 9.53 Å². The summed E-state index contributed by atoms with van der Waals surface area (Å²) in [4.78, 5) is 12.3. The van der Waals surface area contributed by atoms with Crippen molar-refractivity contribution in [1.29, 1.82) is 0 Å². The molecule has 2 aliphatic carbocycles. The maximum Gasteiger partial charge on any atom is 0.237 e. The van der Waals surface area contributed by atoms with Crippen LogP contribution in [0.3, 0.4) is 0 Å². The summed E-state index contributed by atoms with van der Waals surface area (Å²) in [5, 5.41) is 6.49. The predicted molar refractivity (Wildman–Crippen MR) is 73.7 cm³/mol. The fraction of sp³-hybridized carbons (Fsp3) is 0.933. The molecular formula is C15H26N2O2. The first-order valence-corrected chi connectivity index (χ1v) is 7.74. The molecule has 0 aromatic rings. The van der Waals surface area contributed by atoms with Crippen LogP contribution < -0.4 is 10.6 Å². The molecule has 6 atom stereocenters. The molecule has 1 heterocycles. The fourth-order valence-corrected chi connectivity index (χ4v) is 4.42. The number of methoxy groups -OCH3 is 1. The molecule has 4 heteroatoms. The van der Waals surface area contributed by atoms with Gasteiger partial charge in [0.25, 0.3) is 0 Å². The molecule has 1 aliphatic heterocycles. The first-order valence-electron chi connectivity index (χ1n) is 7.74. The van der Waals surface area contributed by atoms with Crippen LogP contribution in [0.1, 0.15) is 39.0 Å². The predicted octanol–water partition coefficient (Wildman–Crippen LogP) is 1.30. The molecule has 2 N–H and O–H groups in total. The summed E-state index contributed by atoms with van der Waals surface area (Å²) in [6, 6.07) is 0.261. The largest absolute Gasteiger partial charge is 0.380 e. The molecule has 2 bridgehead atoms. The summed E-state index contributed by atoms with van der Waals surface area (Å²) >= 11 is 0. The zero-order chi connectivity index (χ0) is 13.4. The van der Waals surface area contributed by atoms with Gasteiger partial charge in [0.1, 0.15) is 0 Å². The van der Waals surface area contributed by atoms with E-state index in [2.05, 4.69) is 17.6 Å². The van der Waals surface area contributed by atoms with E-state index < -0.39 is 0 Å². The van der Waals surface area contributed by atoms with E-state index in [0.717, 1.165) is 24.8 Å². The van der Waals surface area contributed by atoms with Crippen molar-refractivity contribution < 1.29 is 9.53 Å². The number of fused-ring (bicyclic) bond motifs is 2. The van der Waals surface area contributed by atoms with Gasteiger partial charge in [-0.1, -0.05) is 6.42 Å². The number of nitrogens with one attached hydrogen (secondary N) is 2. The average molecular weight is 266 g/mol. The molecule has 0 radical (unpaired) electrons. The van der Waals surface area contributed by atoms with Crippen molar-refractivity contribution in [1.82, 2.24) is 10.6 Å². The molecule has 1 amide bonds. The number of rotatable bonds is 4. The lowest BCUT2D eigenvalue weighted by atomic mass is 9.84. The Bertz CT molecular complexity index is 347. The number of hydrogen-bond acceptors (Lipinski definition) is 3. The Morgan fingerprint density at radius 3 is 2.74 bits per heavy atom. The zero-order valence-corrected chi connectivity index (χ0v) is 12.0. The molecule has 6 unspecified atom stereocenters. The van der Waals surface area contributed by atoms with Gasteiger partial charge >= 0.3 is 0 Å². The van der Waals surface area contributed by atoms with Gasteiger partial charge in [0.15, 0.2) is 0 Å². The van der Waals surface area contributed by atoms with Gasteiger partial charge in [0, 0.05) is 19.7 Å². The highest BCUT2D eigenvalue weighted by Crippen LogP contribution is 2.49. The Hall–Kier alpha value is -0.610. The molecular weight excluding hydrogens is 240 g/mol. The lowest BCUT2D eigenvalue weighted by Gasteiger charge is -2.29. The van der Waals surface area contributed by atoms with Crippen LogP contribution in [0.4, 0.5) is 0 Å². The van der Waals surface area contributed by atoms with E-state index >= 15 is 0 Å². The van der Waals surface area contributed by atoms with Crippen molar-refractivity contribution in [3.63, 3.8) is 0 Å². The number of carbonyl (C=O) groups is 1. The normalized spacial score (nSPS) is 42.5. The molecule has 0 spiro atoms.